The zero-order valence-corrected chi connectivity index (χ0v) is 8.48. The lowest BCUT2D eigenvalue weighted by Gasteiger charge is -2.30. The normalized spacial score (nSPS) is 42.2. The van der Waals surface area contributed by atoms with Crippen LogP contribution in [-0.4, -0.2) is 35.2 Å². The smallest absolute Gasteiger partial charge is 0.0680 e. The fraction of sp³-hybridized carbons (Fsp3) is 0.818. The number of aliphatic hydroxyl groups excluding tert-OH is 1. The van der Waals surface area contributed by atoms with E-state index in [-0.39, 0.29) is 6.10 Å². The second-order valence-electron chi connectivity index (χ2n) is 4.14. The maximum atomic E-state index is 9.85. The third-order valence-electron chi connectivity index (χ3n) is 3.65. The van der Waals surface area contributed by atoms with Gasteiger partial charge in [-0.15, -0.1) is 0 Å². The van der Waals surface area contributed by atoms with Crippen molar-refractivity contribution < 1.29 is 5.11 Å². The summed E-state index contributed by atoms with van der Waals surface area (Å²) in [7, 11) is 0. The Hall–Kier alpha value is -0.340. The van der Waals surface area contributed by atoms with E-state index in [1.165, 1.54) is 0 Å². The molecule has 0 saturated heterocycles. The lowest BCUT2D eigenvalue weighted by molar-refractivity contribution is 0.112. The number of rotatable bonds is 3. The average molecular weight is 181 g/mol. The zero-order valence-electron chi connectivity index (χ0n) is 8.48. The standard InChI is InChI=1S/C11H19NO/c1-3-12(4-2)10-7-8-5-6-9(10)11(8)13/h5-6,8-11,13H,3-4,7H2,1-2H3. The van der Waals surface area contributed by atoms with Crippen LogP contribution in [0.25, 0.3) is 0 Å². The van der Waals surface area contributed by atoms with Gasteiger partial charge in [-0.3, -0.25) is 0 Å². The SMILES string of the molecule is CCN(CC)C1CC2C=CC1C2O. The van der Waals surface area contributed by atoms with E-state index in [2.05, 4.69) is 30.9 Å². The number of hydrogen-bond acceptors (Lipinski definition) is 2. The lowest BCUT2D eigenvalue weighted by atomic mass is 10.00. The third kappa shape index (κ3) is 1.32. The largest absolute Gasteiger partial charge is 0.392 e. The molecule has 0 heterocycles. The first kappa shape index (κ1) is 9.22. The van der Waals surface area contributed by atoms with Crippen molar-refractivity contribution in [2.75, 3.05) is 13.1 Å². The molecule has 13 heavy (non-hydrogen) atoms. The van der Waals surface area contributed by atoms with Crippen LogP contribution in [0.4, 0.5) is 0 Å². The van der Waals surface area contributed by atoms with Crippen LogP contribution in [0.5, 0.6) is 0 Å². The van der Waals surface area contributed by atoms with E-state index in [0.29, 0.717) is 17.9 Å². The van der Waals surface area contributed by atoms with Crippen LogP contribution in [-0.2, 0) is 0 Å². The summed E-state index contributed by atoms with van der Waals surface area (Å²) in [5, 5.41) is 9.85. The van der Waals surface area contributed by atoms with Gasteiger partial charge < -0.3 is 10.0 Å². The summed E-state index contributed by atoms with van der Waals surface area (Å²) in [5.74, 6) is 0.848. The lowest BCUT2D eigenvalue weighted by Crippen LogP contribution is -2.39. The first-order chi connectivity index (χ1) is 6.27. The Balaban J connectivity index is 2.07. The van der Waals surface area contributed by atoms with Gasteiger partial charge in [0.05, 0.1) is 6.10 Å². The molecule has 2 bridgehead atoms. The van der Waals surface area contributed by atoms with Gasteiger partial charge in [-0.1, -0.05) is 26.0 Å². The molecule has 4 unspecified atom stereocenters. The Morgan fingerprint density at radius 2 is 2.00 bits per heavy atom. The Kier molecular flexibility index (Phi) is 2.43. The van der Waals surface area contributed by atoms with Gasteiger partial charge in [0.15, 0.2) is 0 Å². The molecule has 74 valence electrons. The molecule has 0 aromatic heterocycles. The highest BCUT2D eigenvalue weighted by molar-refractivity contribution is 5.17. The highest BCUT2D eigenvalue weighted by atomic mass is 16.3. The van der Waals surface area contributed by atoms with Crippen LogP contribution in [0.15, 0.2) is 12.2 Å². The molecule has 2 nitrogen and oxygen atoms in total. The minimum Gasteiger partial charge on any atom is -0.392 e. The van der Waals surface area contributed by atoms with E-state index in [9.17, 15) is 5.11 Å². The molecule has 0 radical (unpaired) electrons. The Labute approximate surface area is 80.2 Å². The van der Waals surface area contributed by atoms with Crippen LogP contribution < -0.4 is 0 Å². The topological polar surface area (TPSA) is 23.5 Å². The first-order valence-electron chi connectivity index (χ1n) is 5.38. The van der Waals surface area contributed by atoms with Gasteiger partial charge in [0.1, 0.15) is 0 Å². The summed E-state index contributed by atoms with van der Waals surface area (Å²) >= 11 is 0. The predicted octanol–water partition coefficient (Wildman–Crippen LogP) is 1.26. The molecule has 0 amide bonds. The summed E-state index contributed by atoms with van der Waals surface area (Å²) in [5.41, 5.74) is 0. The van der Waals surface area contributed by atoms with Crippen molar-refractivity contribution in [2.45, 2.75) is 32.4 Å². The predicted molar refractivity (Wildman–Crippen MR) is 53.5 cm³/mol. The van der Waals surface area contributed by atoms with Crippen molar-refractivity contribution in [3.8, 4) is 0 Å². The summed E-state index contributed by atoms with van der Waals surface area (Å²) in [6, 6.07) is 0.597. The molecular weight excluding hydrogens is 162 g/mol. The second kappa shape index (κ2) is 3.43. The van der Waals surface area contributed by atoms with Gasteiger partial charge in [0.2, 0.25) is 0 Å². The highest BCUT2D eigenvalue weighted by Gasteiger charge is 2.45. The molecule has 1 saturated carbocycles. The summed E-state index contributed by atoms with van der Waals surface area (Å²) in [6.07, 6.45) is 5.46. The van der Waals surface area contributed by atoms with Crippen LogP contribution in [0.1, 0.15) is 20.3 Å². The van der Waals surface area contributed by atoms with Gasteiger partial charge in [-0.05, 0) is 19.5 Å². The van der Waals surface area contributed by atoms with Crippen LogP contribution in [0, 0.1) is 11.8 Å². The quantitative estimate of drug-likeness (QED) is 0.663. The molecular formula is C11H19NO. The molecule has 2 heteroatoms. The highest BCUT2D eigenvalue weighted by Crippen LogP contribution is 2.41. The molecule has 0 spiro atoms. The fourth-order valence-electron chi connectivity index (χ4n) is 2.88. The number of nitrogens with zero attached hydrogens (tertiary/aromatic N) is 1. The van der Waals surface area contributed by atoms with Crippen molar-refractivity contribution in [3.63, 3.8) is 0 Å². The van der Waals surface area contributed by atoms with Crippen LogP contribution in [0.2, 0.25) is 0 Å². The summed E-state index contributed by atoms with van der Waals surface area (Å²) < 4.78 is 0. The van der Waals surface area contributed by atoms with Crippen molar-refractivity contribution in [2.24, 2.45) is 11.8 Å². The first-order valence-corrected chi connectivity index (χ1v) is 5.38. The monoisotopic (exact) mass is 181 g/mol. The van der Waals surface area contributed by atoms with Gasteiger partial charge >= 0.3 is 0 Å². The molecule has 0 aromatic carbocycles. The van der Waals surface area contributed by atoms with Crippen molar-refractivity contribution in [1.29, 1.82) is 0 Å². The van der Waals surface area contributed by atoms with Crippen molar-refractivity contribution in [1.82, 2.24) is 4.90 Å². The second-order valence-corrected chi connectivity index (χ2v) is 4.14. The molecule has 0 aromatic rings. The number of aliphatic hydroxyl groups is 1. The molecule has 0 aliphatic heterocycles. The van der Waals surface area contributed by atoms with E-state index in [4.69, 9.17) is 0 Å². The number of hydrogen-bond donors (Lipinski definition) is 1. The fourth-order valence-corrected chi connectivity index (χ4v) is 2.88. The minimum atomic E-state index is -0.0920. The third-order valence-corrected chi connectivity index (χ3v) is 3.65. The molecule has 1 fully saturated rings. The number of fused-ring (bicyclic) bond motifs is 2. The maximum Gasteiger partial charge on any atom is 0.0680 e. The van der Waals surface area contributed by atoms with E-state index in [1.54, 1.807) is 0 Å². The Bertz CT molecular complexity index is 210. The van der Waals surface area contributed by atoms with E-state index in [1.807, 2.05) is 0 Å². The maximum absolute atomic E-state index is 9.85. The van der Waals surface area contributed by atoms with Gasteiger partial charge in [-0.25, -0.2) is 0 Å². The summed E-state index contributed by atoms with van der Waals surface area (Å²) in [4.78, 5) is 2.47. The molecule has 2 aliphatic rings. The van der Waals surface area contributed by atoms with Gasteiger partial charge in [-0.2, -0.15) is 0 Å². The van der Waals surface area contributed by atoms with E-state index in [0.717, 1.165) is 19.5 Å². The minimum absolute atomic E-state index is 0.0920. The Morgan fingerprint density at radius 3 is 2.38 bits per heavy atom. The molecule has 2 aliphatic carbocycles. The van der Waals surface area contributed by atoms with E-state index >= 15 is 0 Å². The van der Waals surface area contributed by atoms with Gasteiger partial charge in [0.25, 0.3) is 0 Å². The zero-order chi connectivity index (χ0) is 9.42. The molecule has 1 N–H and O–H groups in total. The van der Waals surface area contributed by atoms with Crippen molar-refractivity contribution in [3.05, 3.63) is 12.2 Å². The van der Waals surface area contributed by atoms with Crippen molar-refractivity contribution >= 4 is 0 Å². The molecule has 2 rings (SSSR count). The van der Waals surface area contributed by atoms with Crippen LogP contribution >= 0.6 is 0 Å². The average Bonchev–Trinajstić information content (AvgIpc) is 2.64. The summed E-state index contributed by atoms with van der Waals surface area (Å²) in [6.45, 7) is 6.60. The van der Waals surface area contributed by atoms with Gasteiger partial charge in [0, 0.05) is 17.9 Å². The van der Waals surface area contributed by atoms with Crippen LogP contribution in [0.3, 0.4) is 0 Å². The molecule has 4 atom stereocenters. The van der Waals surface area contributed by atoms with E-state index < -0.39 is 0 Å². The Morgan fingerprint density at radius 1 is 1.31 bits per heavy atom.